The minimum absolute atomic E-state index is 0.263. The lowest BCUT2D eigenvalue weighted by molar-refractivity contribution is -0.139. The number of thioether (sulfide) groups is 1. The molecule has 0 aliphatic heterocycles. The fourth-order valence-electron chi connectivity index (χ4n) is 0.886. The zero-order chi connectivity index (χ0) is 9.07. The summed E-state index contributed by atoms with van der Waals surface area (Å²) < 4.78 is -0.263. The summed E-state index contributed by atoms with van der Waals surface area (Å²) in [7, 11) is 1.66. The van der Waals surface area contributed by atoms with Gasteiger partial charge in [-0.15, -0.1) is 0 Å². The van der Waals surface area contributed by atoms with E-state index in [1.807, 2.05) is 20.1 Å². The molecular weight excluding hydrogens is 162 g/mol. The van der Waals surface area contributed by atoms with Crippen LogP contribution < -0.4 is 5.32 Å². The fraction of sp³-hybridized carbons (Fsp3) is 0.857. The SMILES string of the molecule is CNC(C(=O)O)C(C)(C)SC. The van der Waals surface area contributed by atoms with Crippen molar-refractivity contribution >= 4 is 17.7 Å². The van der Waals surface area contributed by atoms with Gasteiger partial charge in [0.15, 0.2) is 0 Å². The molecule has 0 aromatic carbocycles. The van der Waals surface area contributed by atoms with Crippen LogP contribution in [0.5, 0.6) is 0 Å². The lowest BCUT2D eigenvalue weighted by Crippen LogP contribution is -2.48. The smallest absolute Gasteiger partial charge is 0.322 e. The van der Waals surface area contributed by atoms with Crippen molar-refractivity contribution in [3.05, 3.63) is 0 Å². The van der Waals surface area contributed by atoms with E-state index >= 15 is 0 Å². The molecule has 0 saturated heterocycles. The van der Waals surface area contributed by atoms with Gasteiger partial charge in [0, 0.05) is 4.75 Å². The van der Waals surface area contributed by atoms with Crippen LogP contribution in [0.25, 0.3) is 0 Å². The highest BCUT2D eigenvalue weighted by atomic mass is 32.2. The van der Waals surface area contributed by atoms with Crippen LogP contribution in [0.15, 0.2) is 0 Å². The molecule has 1 unspecified atom stereocenters. The Morgan fingerprint density at radius 3 is 2.18 bits per heavy atom. The van der Waals surface area contributed by atoms with E-state index in [0.717, 1.165) is 0 Å². The Hall–Kier alpha value is -0.220. The minimum Gasteiger partial charge on any atom is -0.480 e. The van der Waals surface area contributed by atoms with Crippen molar-refractivity contribution in [3.8, 4) is 0 Å². The van der Waals surface area contributed by atoms with Crippen LogP contribution in [-0.4, -0.2) is 35.2 Å². The highest BCUT2D eigenvalue weighted by Crippen LogP contribution is 2.25. The van der Waals surface area contributed by atoms with Crippen LogP contribution in [0.1, 0.15) is 13.8 Å². The van der Waals surface area contributed by atoms with Crippen molar-refractivity contribution in [2.24, 2.45) is 0 Å². The summed E-state index contributed by atoms with van der Waals surface area (Å²) in [5.74, 6) is -0.799. The summed E-state index contributed by atoms with van der Waals surface area (Å²) in [4.78, 5) is 10.7. The van der Waals surface area contributed by atoms with Crippen molar-refractivity contribution in [2.75, 3.05) is 13.3 Å². The van der Waals surface area contributed by atoms with Gasteiger partial charge >= 0.3 is 5.97 Å². The van der Waals surface area contributed by atoms with Crippen molar-refractivity contribution in [3.63, 3.8) is 0 Å². The van der Waals surface area contributed by atoms with E-state index in [9.17, 15) is 4.79 Å². The van der Waals surface area contributed by atoms with Gasteiger partial charge < -0.3 is 10.4 Å². The second-order valence-corrected chi connectivity index (χ2v) is 4.33. The molecule has 2 N–H and O–H groups in total. The van der Waals surface area contributed by atoms with E-state index in [1.54, 1.807) is 18.8 Å². The first-order chi connectivity index (χ1) is 4.95. The molecule has 4 heteroatoms. The molecule has 0 rings (SSSR count). The van der Waals surface area contributed by atoms with E-state index in [0.29, 0.717) is 0 Å². The van der Waals surface area contributed by atoms with E-state index < -0.39 is 12.0 Å². The lowest BCUT2D eigenvalue weighted by Gasteiger charge is -2.28. The Bertz CT molecular complexity index is 147. The molecule has 0 radical (unpaired) electrons. The topological polar surface area (TPSA) is 49.3 Å². The minimum atomic E-state index is -0.799. The highest BCUT2D eigenvalue weighted by molar-refractivity contribution is 8.00. The van der Waals surface area contributed by atoms with Crippen LogP contribution >= 0.6 is 11.8 Å². The number of aliphatic carboxylic acids is 1. The molecule has 0 aliphatic rings. The zero-order valence-corrected chi connectivity index (χ0v) is 8.16. The maximum absolute atomic E-state index is 10.7. The Labute approximate surface area is 71.6 Å². The van der Waals surface area contributed by atoms with Gasteiger partial charge in [0.05, 0.1) is 0 Å². The van der Waals surface area contributed by atoms with Crippen LogP contribution in [0, 0.1) is 0 Å². The van der Waals surface area contributed by atoms with Gasteiger partial charge in [-0.05, 0) is 27.2 Å². The van der Waals surface area contributed by atoms with Gasteiger partial charge in [-0.2, -0.15) is 11.8 Å². The molecule has 1 atom stereocenters. The number of hydrogen-bond acceptors (Lipinski definition) is 3. The number of likely N-dealkylation sites (N-methyl/N-ethyl adjacent to an activating group) is 1. The van der Waals surface area contributed by atoms with Gasteiger partial charge in [0.2, 0.25) is 0 Å². The van der Waals surface area contributed by atoms with Crippen LogP contribution in [0.3, 0.4) is 0 Å². The van der Waals surface area contributed by atoms with E-state index in [1.165, 1.54) is 0 Å². The van der Waals surface area contributed by atoms with Crippen molar-refractivity contribution in [1.82, 2.24) is 5.32 Å². The molecule has 0 aliphatic carbocycles. The normalized spacial score (nSPS) is 14.5. The first-order valence-electron chi connectivity index (χ1n) is 3.41. The predicted octanol–water partition coefficient (Wildman–Crippen LogP) is 0.801. The average molecular weight is 177 g/mol. The number of carbonyl (C=O) groups is 1. The number of rotatable bonds is 4. The van der Waals surface area contributed by atoms with Gasteiger partial charge in [0.1, 0.15) is 6.04 Å². The molecule has 66 valence electrons. The van der Waals surface area contributed by atoms with Gasteiger partial charge in [-0.25, -0.2) is 0 Å². The van der Waals surface area contributed by atoms with Gasteiger partial charge in [-0.3, -0.25) is 4.79 Å². The maximum atomic E-state index is 10.7. The number of nitrogens with one attached hydrogen (secondary N) is 1. The molecule has 0 spiro atoms. The van der Waals surface area contributed by atoms with Crippen LogP contribution in [-0.2, 0) is 4.79 Å². The predicted molar refractivity (Wildman–Crippen MR) is 48.1 cm³/mol. The standard InChI is InChI=1S/C7H15NO2S/c1-7(2,11-4)5(8-3)6(9)10/h5,8H,1-4H3,(H,9,10). The third-order valence-electron chi connectivity index (χ3n) is 1.76. The monoisotopic (exact) mass is 177 g/mol. The van der Waals surface area contributed by atoms with E-state index in [4.69, 9.17) is 5.11 Å². The quantitative estimate of drug-likeness (QED) is 0.667. The second-order valence-electron chi connectivity index (χ2n) is 2.87. The van der Waals surface area contributed by atoms with Gasteiger partial charge in [0.25, 0.3) is 0 Å². The largest absolute Gasteiger partial charge is 0.480 e. The number of carboxylic acids is 1. The summed E-state index contributed by atoms with van der Waals surface area (Å²) in [6, 6.07) is -0.488. The molecule has 0 aromatic heterocycles. The summed E-state index contributed by atoms with van der Waals surface area (Å²) in [5.41, 5.74) is 0. The third-order valence-corrected chi connectivity index (χ3v) is 3.04. The first kappa shape index (κ1) is 10.8. The van der Waals surface area contributed by atoms with Crippen molar-refractivity contribution < 1.29 is 9.90 Å². The molecule has 11 heavy (non-hydrogen) atoms. The van der Waals surface area contributed by atoms with Crippen molar-refractivity contribution in [1.29, 1.82) is 0 Å². The zero-order valence-electron chi connectivity index (χ0n) is 7.34. The number of hydrogen-bond donors (Lipinski definition) is 2. The molecule has 3 nitrogen and oxygen atoms in total. The Balaban J connectivity index is 4.36. The summed E-state index contributed by atoms with van der Waals surface area (Å²) >= 11 is 1.54. The Morgan fingerprint density at radius 1 is 1.64 bits per heavy atom. The van der Waals surface area contributed by atoms with Crippen molar-refractivity contribution in [2.45, 2.75) is 24.6 Å². The first-order valence-corrected chi connectivity index (χ1v) is 4.63. The molecule has 0 saturated carbocycles. The van der Waals surface area contributed by atoms with Gasteiger partial charge in [-0.1, -0.05) is 0 Å². The number of carboxylic acid groups (broad SMARTS) is 1. The molecular formula is C7H15NO2S. The molecule has 0 fully saturated rings. The summed E-state index contributed by atoms with van der Waals surface area (Å²) in [6.45, 7) is 3.82. The summed E-state index contributed by atoms with van der Waals surface area (Å²) in [5, 5.41) is 11.5. The maximum Gasteiger partial charge on any atom is 0.322 e. The molecule has 0 aromatic rings. The van der Waals surface area contributed by atoms with E-state index in [2.05, 4.69) is 5.32 Å². The molecule has 0 bridgehead atoms. The highest BCUT2D eigenvalue weighted by Gasteiger charge is 2.32. The Morgan fingerprint density at radius 2 is 2.09 bits per heavy atom. The summed E-state index contributed by atoms with van der Waals surface area (Å²) in [6.07, 6.45) is 1.91. The lowest BCUT2D eigenvalue weighted by atomic mass is 10.0. The fourth-order valence-corrected chi connectivity index (χ4v) is 1.34. The molecule has 0 heterocycles. The second kappa shape index (κ2) is 3.97. The Kier molecular flexibility index (Phi) is 3.89. The average Bonchev–Trinajstić information content (AvgIpc) is 1.88. The molecule has 0 amide bonds. The van der Waals surface area contributed by atoms with Crippen LogP contribution in [0.2, 0.25) is 0 Å². The van der Waals surface area contributed by atoms with E-state index in [-0.39, 0.29) is 4.75 Å². The third kappa shape index (κ3) is 2.71. The van der Waals surface area contributed by atoms with Crippen LogP contribution in [0.4, 0.5) is 0 Å².